The summed E-state index contributed by atoms with van der Waals surface area (Å²) in [6.07, 6.45) is -0.577. The van der Waals surface area contributed by atoms with Crippen molar-refractivity contribution < 1.29 is 40.3 Å². The quantitative estimate of drug-likeness (QED) is 0.355. The van der Waals surface area contributed by atoms with Crippen LogP contribution in [0, 0.1) is 5.92 Å². The molecule has 18 heavy (non-hydrogen) atoms. The van der Waals surface area contributed by atoms with E-state index in [-0.39, 0.29) is 12.8 Å². The third kappa shape index (κ3) is 3.73. The molecule has 1 fully saturated rings. The number of esters is 2. The van der Waals surface area contributed by atoms with Crippen LogP contribution < -0.4 is 0 Å². The fourth-order valence-electron chi connectivity index (χ4n) is 1.60. The molecule has 0 aliphatic carbocycles. The van der Waals surface area contributed by atoms with Crippen LogP contribution in [0.4, 0.5) is 0 Å². The Morgan fingerprint density at radius 1 is 1.06 bits per heavy atom. The fraction of sp³-hybridized carbons (Fsp3) is 0.714. The van der Waals surface area contributed by atoms with Crippen LogP contribution in [-0.4, -0.2) is 48.9 Å². The summed E-state index contributed by atoms with van der Waals surface area (Å²) in [5.74, 6) is -4.69. The first-order chi connectivity index (χ1) is 8.02. The summed E-state index contributed by atoms with van der Waals surface area (Å²) in [6.45, 7) is 0. The molecular weight excluding hydrogens is 292 g/mol. The average Bonchev–Trinajstić information content (AvgIpc) is 2.38. The van der Waals surface area contributed by atoms with Crippen molar-refractivity contribution >= 4 is 32.2 Å². The number of cyclic esters (lactones) is 2. The molecule has 0 spiro atoms. The maximum atomic E-state index is 11.2. The van der Waals surface area contributed by atoms with Crippen LogP contribution in [0.3, 0.4) is 0 Å². The van der Waals surface area contributed by atoms with Gasteiger partial charge in [0.25, 0.3) is 20.2 Å². The van der Waals surface area contributed by atoms with Crippen molar-refractivity contribution in [1.82, 2.24) is 0 Å². The minimum atomic E-state index is -4.81. The Hall–Kier alpha value is -1.04. The van der Waals surface area contributed by atoms with Gasteiger partial charge in [0, 0.05) is 0 Å². The van der Waals surface area contributed by atoms with Gasteiger partial charge >= 0.3 is 11.9 Å². The molecule has 0 radical (unpaired) electrons. The lowest BCUT2D eigenvalue weighted by atomic mass is 10.0. The summed E-state index contributed by atoms with van der Waals surface area (Å²) in [5.41, 5.74) is 0. The second-order valence-corrected chi connectivity index (χ2v) is 6.82. The number of hydrogen-bond acceptors (Lipinski definition) is 7. The molecule has 1 saturated heterocycles. The Kier molecular flexibility index (Phi) is 4.10. The van der Waals surface area contributed by atoms with Gasteiger partial charge in [-0.3, -0.25) is 18.7 Å². The smallest absolute Gasteiger partial charge is 0.335 e. The first-order valence-corrected chi connectivity index (χ1v) is 7.80. The topological polar surface area (TPSA) is 152 Å². The highest BCUT2D eigenvalue weighted by molar-refractivity contribution is 7.87. The van der Waals surface area contributed by atoms with Gasteiger partial charge in [-0.2, -0.15) is 16.8 Å². The highest BCUT2D eigenvalue weighted by Gasteiger charge is 2.51. The normalized spacial score (nSPS) is 25.2. The Bertz CT molecular complexity index is 558. The molecule has 1 aliphatic heterocycles. The lowest BCUT2D eigenvalue weighted by molar-refractivity contribution is -0.153. The maximum absolute atomic E-state index is 11.2. The molecule has 0 amide bonds. The molecule has 2 N–H and O–H groups in total. The van der Waals surface area contributed by atoms with E-state index in [2.05, 4.69) is 4.74 Å². The molecule has 1 rings (SSSR count). The Labute approximate surface area is 103 Å². The van der Waals surface area contributed by atoms with Gasteiger partial charge in [-0.1, -0.05) is 0 Å². The molecule has 2 unspecified atom stereocenters. The standard InChI is InChI=1S/C7H10O9S2/c8-6-4(2-1-3-17(10,11)12)5(7(9)16-6)18(13,14)15/h4-5H,1-3H2,(H,10,11,12)(H,13,14,15). The molecule has 0 bridgehead atoms. The van der Waals surface area contributed by atoms with Crippen LogP contribution in [-0.2, 0) is 34.6 Å². The SMILES string of the molecule is O=C1OC(=O)C(S(=O)(=O)O)C1CCCS(=O)(=O)O. The van der Waals surface area contributed by atoms with E-state index in [0.717, 1.165) is 0 Å². The second-order valence-electron chi connectivity index (χ2n) is 3.71. The van der Waals surface area contributed by atoms with Crippen molar-refractivity contribution in [3.63, 3.8) is 0 Å². The number of ether oxygens (including phenoxy) is 1. The summed E-state index contributed by atoms with van der Waals surface area (Å²) in [4.78, 5) is 22.2. The minimum absolute atomic E-state index is 0.252. The summed E-state index contributed by atoms with van der Waals surface area (Å²) < 4.78 is 64.0. The first-order valence-electron chi connectivity index (χ1n) is 4.69. The summed E-state index contributed by atoms with van der Waals surface area (Å²) in [6, 6.07) is 0. The Morgan fingerprint density at radius 2 is 1.61 bits per heavy atom. The van der Waals surface area contributed by atoms with Gasteiger partial charge in [0.15, 0.2) is 5.25 Å². The molecule has 0 aromatic heterocycles. The minimum Gasteiger partial charge on any atom is -0.392 e. The van der Waals surface area contributed by atoms with Crippen LogP contribution in [0.15, 0.2) is 0 Å². The Morgan fingerprint density at radius 3 is 2.06 bits per heavy atom. The molecule has 2 atom stereocenters. The van der Waals surface area contributed by atoms with Crippen LogP contribution in [0.5, 0.6) is 0 Å². The van der Waals surface area contributed by atoms with Crippen LogP contribution >= 0.6 is 0 Å². The van der Waals surface area contributed by atoms with Gasteiger partial charge in [0.1, 0.15) is 0 Å². The van der Waals surface area contributed by atoms with E-state index in [1.807, 2.05) is 0 Å². The van der Waals surface area contributed by atoms with Gasteiger partial charge in [0.05, 0.1) is 11.7 Å². The maximum Gasteiger partial charge on any atom is 0.335 e. The molecule has 0 saturated carbocycles. The zero-order valence-corrected chi connectivity index (χ0v) is 10.5. The van der Waals surface area contributed by atoms with E-state index in [4.69, 9.17) is 9.11 Å². The van der Waals surface area contributed by atoms with Gasteiger partial charge in [-0.15, -0.1) is 0 Å². The third-order valence-electron chi connectivity index (χ3n) is 2.34. The van der Waals surface area contributed by atoms with Crippen molar-refractivity contribution in [1.29, 1.82) is 0 Å². The molecule has 0 aromatic rings. The van der Waals surface area contributed by atoms with Crippen molar-refractivity contribution in [3.8, 4) is 0 Å². The lowest BCUT2D eigenvalue weighted by Crippen LogP contribution is -2.32. The summed E-state index contributed by atoms with van der Waals surface area (Å²) in [7, 11) is -9.06. The summed E-state index contributed by atoms with van der Waals surface area (Å²) >= 11 is 0. The number of rotatable bonds is 5. The van der Waals surface area contributed by atoms with Crippen molar-refractivity contribution in [2.24, 2.45) is 5.92 Å². The second kappa shape index (κ2) is 4.91. The summed E-state index contributed by atoms with van der Waals surface area (Å²) in [5, 5.41) is -2.04. The van der Waals surface area contributed by atoms with Crippen LogP contribution in [0.2, 0.25) is 0 Å². The van der Waals surface area contributed by atoms with Crippen LogP contribution in [0.1, 0.15) is 12.8 Å². The Balaban J connectivity index is 2.79. The van der Waals surface area contributed by atoms with E-state index in [1.54, 1.807) is 0 Å². The third-order valence-corrected chi connectivity index (χ3v) is 4.31. The highest BCUT2D eigenvalue weighted by Crippen LogP contribution is 2.27. The van der Waals surface area contributed by atoms with Gasteiger partial charge in [-0.05, 0) is 12.8 Å². The van der Waals surface area contributed by atoms with E-state index in [1.165, 1.54) is 0 Å². The first kappa shape index (κ1) is 15.0. The van der Waals surface area contributed by atoms with Crippen molar-refractivity contribution in [2.75, 3.05) is 5.75 Å². The largest absolute Gasteiger partial charge is 0.392 e. The van der Waals surface area contributed by atoms with Crippen molar-refractivity contribution in [3.05, 3.63) is 0 Å². The van der Waals surface area contributed by atoms with Crippen molar-refractivity contribution in [2.45, 2.75) is 18.1 Å². The molecule has 9 nitrogen and oxygen atoms in total. The monoisotopic (exact) mass is 302 g/mol. The van der Waals surface area contributed by atoms with Gasteiger partial charge < -0.3 is 4.74 Å². The number of carbonyl (C=O) groups excluding carboxylic acids is 2. The fourth-order valence-corrected chi connectivity index (χ4v) is 3.09. The van der Waals surface area contributed by atoms with E-state index in [0.29, 0.717) is 0 Å². The van der Waals surface area contributed by atoms with E-state index in [9.17, 15) is 26.4 Å². The zero-order valence-electron chi connectivity index (χ0n) is 8.84. The van der Waals surface area contributed by atoms with Gasteiger partial charge in [0.2, 0.25) is 0 Å². The molecular formula is C7H10O9S2. The van der Waals surface area contributed by atoms with Gasteiger partial charge in [-0.25, -0.2) is 0 Å². The molecule has 11 heteroatoms. The molecule has 1 heterocycles. The average molecular weight is 302 g/mol. The predicted molar refractivity (Wildman–Crippen MR) is 55.6 cm³/mol. The van der Waals surface area contributed by atoms with E-state index < -0.39 is 49.1 Å². The molecule has 104 valence electrons. The van der Waals surface area contributed by atoms with Crippen LogP contribution in [0.25, 0.3) is 0 Å². The lowest BCUT2D eigenvalue weighted by Gasteiger charge is -2.09. The molecule has 0 aromatic carbocycles. The molecule has 1 aliphatic rings. The zero-order chi connectivity index (χ0) is 14.1. The number of carbonyl (C=O) groups is 2. The predicted octanol–water partition coefficient (Wildman–Crippen LogP) is -1.39. The number of hydrogen-bond donors (Lipinski definition) is 2. The highest BCUT2D eigenvalue weighted by atomic mass is 32.2. The van der Waals surface area contributed by atoms with E-state index >= 15 is 0 Å².